The Morgan fingerprint density at radius 2 is 1.62 bits per heavy atom. The fourth-order valence-electron chi connectivity index (χ4n) is 5.76. The molecule has 2 N–H and O–H groups in total. The third-order valence-electron chi connectivity index (χ3n) is 7.81. The molecule has 0 radical (unpaired) electrons. The molecule has 2 aliphatic heterocycles. The van der Waals surface area contributed by atoms with Gasteiger partial charge in [0.1, 0.15) is 29.4 Å². The Morgan fingerprint density at radius 1 is 0.892 bits per heavy atom. The molecule has 200 valence electrons. The van der Waals surface area contributed by atoms with E-state index in [-0.39, 0.29) is 0 Å². The van der Waals surface area contributed by atoms with Crippen LogP contribution in [0.4, 0.5) is 0 Å². The summed E-state index contributed by atoms with van der Waals surface area (Å²) in [5, 5.41) is 7.77. The van der Waals surface area contributed by atoms with E-state index < -0.39 is 0 Å². The Morgan fingerprint density at radius 3 is 2.32 bits per heavy atom. The number of nitrogens with one attached hydrogen (secondary N) is 2. The Labute approximate surface area is 226 Å². The molecule has 3 aromatic rings. The van der Waals surface area contributed by atoms with E-state index in [1.807, 2.05) is 24.3 Å². The summed E-state index contributed by atoms with van der Waals surface area (Å²) in [6.07, 6.45) is 9.90. The highest BCUT2D eigenvalue weighted by atomic mass is 35.5. The minimum atomic E-state index is 0.412. The van der Waals surface area contributed by atoms with Gasteiger partial charge in [0.05, 0.1) is 12.1 Å². The fraction of sp³-hybridized carbons (Fsp3) is 0.567. The van der Waals surface area contributed by atoms with Gasteiger partial charge in [-0.2, -0.15) is 0 Å². The summed E-state index contributed by atoms with van der Waals surface area (Å²) >= 11 is 6.05. The molecule has 0 aliphatic carbocycles. The molecule has 37 heavy (non-hydrogen) atoms. The van der Waals surface area contributed by atoms with Crippen molar-refractivity contribution in [3.05, 3.63) is 53.3 Å². The monoisotopic (exact) mass is 524 g/mol. The molecule has 7 heteroatoms. The highest BCUT2D eigenvalue weighted by molar-refractivity contribution is 6.30. The number of ether oxygens (including phenoxy) is 2. The highest BCUT2D eigenvalue weighted by Gasteiger charge is 2.18. The second kappa shape index (κ2) is 13.5. The van der Waals surface area contributed by atoms with Crippen LogP contribution in [-0.2, 0) is 13.2 Å². The molecule has 1 aromatic heterocycles. The van der Waals surface area contributed by atoms with Crippen LogP contribution in [0.25, 0.3) is 11.0 Å². The van der Waals surface area contributed by atoms with E-state index >= 15 is 0 Å². The second-order valence-electron chi connectivity index (χ2n) is 10.6. The Balaban J connectivity index is 1.27. The third-order valence-corrected chi connectivity index (χ3v) is 8.06. The molecule has 2 saturated heterocycles. The lowest BCUT2D eigenvalue weighted by molar-refractivity contribution is 0.277. The summed E-state index contributed by atoms with van der Waals surface area (Å²) in [6.45, 7) is 6.70. The molecule has 5 rings (SSSR count). The van der Waals surface area contributed by atoms with E-state index in [2.05, 4.69) is 33.4 Å². The maximum Gasteiger partial charge on any atom is 0.148 e. The van der Waals surface area contributed by atoms with Gasteiger partial charge in [0, 0.05) is 11.6 Å². The molecule has 2 aliphatic rings. The molecule has 0 spiro atoms. The number of aromatic nitrogens is 2. The number of hydrogen-bond donors (Lipinski definition) is 2. The van der Waals surface area contributed by atoms with Crippen molar-refractivity contribution in [2.24, 2.45) is 11.8 Å². The van der Waals surface area contributed by atoms with Gasteiger partial charge < -0.3 is 24.7 Å². The minimum Gasteiger partial charge on any atom is -0.491 e. The van der Waals surface area contributed by atoms with Crippen molar-refractivity contribution in [2.45, 2.75) is 64.5 Å². The number of para-hydroxylation sites is 1. The predicted octanol–water partition coefficient (Wildman–Crippen LogP) is 6.21. The first-order chi connectivity index (χ1) is 18.3. The largest absolute Gasteiger partial charge is 0.491 e. The van der Waals surface area contributed by atoms with E-state index in [1.165, 1.54) is 45.1 Å². The van der Waals surface area contributed by atoms with Gasteiger partial charge >= 0.3 is 0 Å². The summed E-state index contributed by atoms with van der Waals surface area (Å²) in [5.74, 6) is 4.17. The number of aryl methyl sites for hydroxylation is 1. The average Bonchev–Trinajstić information content (AvgIpc) is 3.30. The first-order valence-electron chi connectivity index (χ1n) is 14.2. The molecule has 0 bridgehead atoms. The van der Waals surface area contributed by atoms with Crippen LogP contribution in [0.1, 0.15) is 57.2 Å². The first kappa shape index (κ1) is 26.3. The summed E-state index contributed by atoms with van der Waals surface area (Å²) in [6, 6.07) is 13.8. The number of piperidine rings is 2. The Bertz CT molecular complexity index is 1100. The van der Waals surface area contributed by atoms with Gasteiger partial charge in [0.2, 0.25) is 0 Å². The van der Waals surface area contributed by atoms with E-state index in [9.17, 15) is 0 Å². The zero-order valence-corrected chi connectivity index (χ0v) is 22.6. The van der Waals surface area contributed by atoms with E-state index in [0.717, 1.165) is 85.8 Å². The topological polar surface area (TPSA) is 60.3 Å². The van der Waals surface area contributed by atoms with Crippen molar-refractivity contribution in [2.75, 3.05) is 32.8 Å². The van der Waals surface area contributed by atoms with Crippen molar-refractivity contribution in [1.82, 2.24) is 20.2 Å². The number of imidazole rings is 1. The summed E-state index contributed by atoms with van der Waals surface area (Å²) in [4.78, 5) is 5.04. The quantitative estimate of drug-likeness (QED) is 0.276. The number of benzene rings is 2. The lowest BCUT2D eigenvalue weighted by atomic mass is 9.95. The zero-order valence-electron chi connectivity index (χ0n) is 21.9. The molecule has 2 aromatic carbocycles. The van der Waals surface area contributed by atoms with Crippen molar-refractivity contribution in [3.63, 3.8) is 0 Å². The normalized spacial score (nSPS) is 20.2. The Hall–Kier alpha value is -2.28. The van der Waals surface area contributed by atoms with E-state index in [0.29, 0.717) is 11.6 Å². The van der Waals surface area contributed by atoms with Crippen molar-refractivity contribution >= 4 is 22.6 Å². The maximum atomic E-state index is 6.29. The molecule has 2 fully saturated rings. The third kappa shape index (κ3) is 7.40. The van der Waals surface area contributed by atoms with E-state index in [1.54, 1.807) is 0 Å². The van der Waals surface area contributed by atoms with Crippen molar-refractivity contribution in [3.8, 4) is 11.5 Å². The number of hydrogen-bond acceptors (Lipinski definition) is 5. The van der Waals surface area contributed by atoms with Crippen LogP contribution in [0, 0.1) is 11.8 Å². The second-order valence-corrected chi connectivity index (χ2v) is 11.0. The standard InChI is InChI=1S/C30H41ClN4O2/c31-25-12-14-26(15-13-25)37-22-29-34-30-27(35(29)18-4-8-23-6-2-16-32-20-23)10-1-11-28(30)36-19-5-9-24-7-3-17-33-21-24/h1,10-15,23-24,32-33H,2-9,16-22H2/t23-,24-/m1/s1. The van der Waals surface area contributed by atoms with Gasteiger partial charge in [-0.15, -0.1) is 0 Å². The number of rotatable bonds is 12. The molecular formula is C30H41ClN4O2. The van der Waals surface area contributed by atoms with E-state index in [4.69, 9.17) is 26.1 Å². The predicted molar refractivity (Wildman–Crippen MR) is 151 cm³/mol. The van der Waals surface area contributed by atoms with Crippen molar-refractivity contribution in [1.29, 1.82) is 0 Å². The molecule has 2 atom stereocenters. The fourth-order valence-corrected chi connectivity index (χ4v) is 5.88. The van der Waals surface area contributed by atoms with Crippen LogP contribution in [0.2, 0.25) is 5.02 Å². The lowest BCUT2D eigenvalue weighted by Crippen LogP contribution is -2.29. The Kier molecular flexibility index (Phi) is 9.60. The molecular weight excluding hydrogens is 484 g/mol. The summed E-state index contributed by atoms with van der Waals surface area (Å²) in [5.41, 5.74) is 2.07. The summed E-state index contributed by atoms with van der Waals surface area (Å²) < 4.78 is 14.8. The minimum absolute atomic E-state index is 0.412. The molecule has 0 saturated carbocycles. The molecule has 0 amide bonds. The highest BCUT2D eigenvalue weighted by Crippen LogP contribution is 2.29. The van der Waals surface area contributed by atoms with Gasteiger partial charge in [-0.1, -0.05) is 17.7 Å². The first-order valence-corrected chi connectivity index (χ1v) is 14.5. The van der Waals surface area contributed by atoms with Gasteiger partial charge in [-0.25, -0.2) is 4.98 Å². The molecule has 6 nitrogen and oxygen atoms in total. The van der Waals surface area contributed by atoms with Crippen LogP contribution >= 0.6 is 11.6 Å². The van der Waals surface area contributed by atoms with Crippen LogP contribution in [-0.4, -0.2) is 42.3 Å². The van der Waals surface area contributed by atoms with Crippen molar-refractivity contribution < 1.29 is 9.47 Å². The van der Waals surface area contributed by atoms with Crippen LogP contribution in [0.3, 0.4) is 0 Å². The van der Waals surface area contributed by atoms with Gasteiger partial charge in [-0.3, -0.25) is 0 Å². The van der Waals surface area contributed by atoms with Crippen LogP contribution in [0.5, 0.6) is 11.5 Å². The number of nitrogens with zero attached hydrogens (tertiary/aromatic N) is 2. The van der Waals surface area contributed by atoms with Gasteiger partial charge in [0.25, 0.3) is 0 Å². The van der Waals surface area contributed by atoms with Gasteiger partial charge in [-0.05, 0) is 126 Å². The number of halogens is 1. The summed E-state index contributed by atoms with van der Waals surface area (Å²) in [7, 11) is 0. The molecule has 0 unspecified atom stereocenters. The van der Waals surface area contributed by atoms with Crippen LogP contribution in [0.15, 0.2) is 42.5 Å². The average molecular weight is 525 g/mol. The lowest BCUT2D eigenvalue weighted by Gasteiger charge is -2.22. The van der Waals surface area contributed by atoms with Gasteiger partial charge in [0.15, 0.2) is 0 Å². The van der Waals surface area contributed by atoms with Crippen LogP contribution < -0.4 is 20.1 Å². The smallest absolute Gasteiger partial charge is 0.148 e. The SMILES string of the molecule is Clc1ccc(OCc2nc3c(OCCC[C@H]4CCCNC4)cccc3n2CCC[C@H]2CCCNC2)cc1. The maximum absolute atomic E-state index is 6.29. The number of fused-ring (bicyclic) bond motifs is 1. The molecule has 3 heterocycles. The zero-order chi connectivity index (χ0) is 25.3.